The van der Waals surface area contributed by atoms with Crippen molar-refractivity contribution in [2.24, 2.45) is 5.92 Å². The van der Waals surface area contributed by atoms with Gasteiger partial charge in [-0.1, -0.05) is 113 Å². The van der Waals surface area contributed by atoms with Gasteiger partial charge in [0, 0.05) is 31.6 Å². The second-order valence-corrected chi connectivity index (χ2v) is 19.6. The van der Waals surface area contributed by atoms with E-state index < -0.39 is 19.9 Å². The summed E-state index contributed by atoms with van der Waals surface area (Å²) in [4.78, 5) is 0. The maximum absolute atomic E-state index is 7.25. The second kappa shape index (κ2) is 14.1. The van der Waals surface area contributed by atoms with Crippen LogP contribution in [-0.2, 0) is 34.7 Å². The Morgan fingerprint density at radius 3 is 2.16 bits per heavy atom. The zero-order valence-corrected chi connectivity index (χ0v) is 30.6. The van der Waals surface area contributed by atoms with Gasteiger partial charge in [0.1, 0.15) is 11.9 Å². The van der Waals surface area contributed by atoms with Crippen LogP contribution in [0.2, 0.25) is 5.04 Å². The minimum absolute atomic E-state index is 0.0276. The summed E-state index contributed by atoms with van der Waals surface area (Å²) in [6, 6.07) is 29.6. The molecule has 7 nitrogen and oxygen atoms in total. The molecule has 262 valence electrons. The molecular weight excluding hydrogens is 633 g/mol. The Kier molecular flexibility index (Phi) is 9.94. The van der Waals surface area contributed by atoms with Crippen LogP contribution in [0.5, 0.6) is 5.75 Å². The Morgan fingerprint density at radius 1 is 0.816 bits per heavy atom. The molecule has 7 rings (SSSR count). The van der Waals surface area contributed by atoms with Crippen molar-refractivity contribution in [3.63, 3.8) is 0 Å². The van der Waals surface area contributed by atoms with Crippen molar-refractivity contribution in [3.05, 3.63) is 103 Å². The lowest BCUT2D eigenvalue weighted by Gasteiger charge is -2.46. The fourth-order valence-electron chi connectivity index (χ4n) is 8.43. The normalized spacial score (nSPS) is 31.3. The quantitative estimate of drug-likeness (QED) is 0.170. The van der Waals surface area contributed by atoms with E-state index in [9.17, 15) is 0 Å². The molecular formula is C41H52O7Si. The van der Waals surface area contributed by atoms with E-state index in [2.05, 4.69) is 101 Å². The summed E-state index contributed by atoms with van der Waals surface area (Å²) < 4.78 is 45.8. The van der Waals surface area contributed by atoms with Gasteiger partial charge in [-0.05, 0) is 39.5 Å². The molecule has 7 atom stereocenters. The van der Waals surface area contributed by atoms with Crippen LogP contribution >= 0.6 is 0 Å². The average molecular weight is 685 g/mol. The summed E-state index contributed by atoms with van der Waals surface area (Å²) in [6.07, 6.45) is 8.01. The van der Waals surface area contributed by atoms with E-state index in [-0.39, 0.29) is 35.4 Å². The molecule has 49 heavy (non-hydrogen) atoms. The van der Waals surface area contributed by atoms with E-state index >= 15 is 0 Å². The minimum Gasteiger partial charge on any atom is -0.497 e. The molecule has 4 aliphatic heterocycles. The number of fused-ring (bicyclic) bond motifs is 1. The van der Waals surface area contributed by atoms with Gasteiger partial charge in [-0.15, -0.1) is 0 Å². The first kappa shape index (κ1) is 34.6. The summed E-state index contributed by atoms with van der Waals surface area (Å²) in [7, 11) is -0.989. The van der Waals surface area contributed by atoms with Gasteiger partial charge in [-0.3, -0.25) is 0 Å². The standard InChI is InChI=1S/C41H52O7Si/c1-30-25-37-38(26-34(45-37)29-44-49(39(2,3)4,35-14-8-6-9-15-35)36-16-10-7-11-17-36)47-41(30)24-23-40(48-41)22-12-13-33(46-40)28-43-27-31-18-20-32(42-5)21-19-31/h6-21,30,33-34,37-38H,22-29H2,1-5H3/t30-,33+,34+,37-,38-,40+,41-/m1/s1. The van der Waals surface area contributed by atoms with Gasteiger partial charge in [0.2, 0.25) is 0 Å². The Bertz CT molecular complexity index is 1520. The SMILES string of the molecule is COc1ccc(COC[C@@H]2C=CC[C@]3(CC[C@@]4(O[C@@H]5C[C@@H](CO[Si](c6ccccc6)(c6ccccc6)C(C)(C)C)O[C@@H]5C[C@H]4C)O3)O2)cc1. The molecule has 0 N–H and O–H groups in total. The molecule has 0 saturated carbocycles. The summed E-state index contributed by atoms with van der Waals surface area (Å²) in [6.45, 7) is 10.7. The van der Waals surface area contributed by atoms with Crippen molar-refractivity contribution >= 4 is 18.7 Å². The van der Waals surface area contributed by atoms with Gasteiger partial charge in [-0.2, -0.15) is 0 Å². The van der Waals surface area contributed by atoms with Crippen molar-refractivity contribution < 1.29 is 32.8 Å². The van der Waals surface area contributed by atoms with E-state index in [4.69, 9.17) is 32.8 Å². The maximum Gasteiger partial charge on any atom is 0.261 e. The van der Waals surface area contributed by atoms with Gasteiger partial charge in [0.25, 0.3) is 8.32 Å². The lowest BCUT2D eigenvalue weighted by atomic mass is 9.86. The highest BCUT2D eigenvalue weighted by Crippen LogP contribution is 2.53. The number of hydrogen-bond acceptors (Lipinski definition) is 7. The van der Waals surface area contributed by atoms with Crippen LogP contribution in [0.25, 0.3) is 0 Å². The van der Waals surface area contributed by atoms with E-state index in [0.29, 0.717) is 26.2 Å². The first-order chi connectivity index (χ1) is 23.6. The van der Waals surface area contributed by atoms with Gasteiger partial charge in [0.15, 0.2) is 11.6 Å². The fourth-order valence-corrected chi connectivity index (χ4v) is 13.0. The van der Waals surface area contributed by atoms with Crippen LogP contribution in [0.4, 0.5) is 0 Å². The smallest absolute Gasteiger partial charge is 0.261 e. The first-order valence-corrected chi connectivity index (χ1v) is 19.9. The molecule has 0 amide bonds. The molecule has 4 heterocycles. The molecule has 3 aromatic rings. The zero-order valence-electron chi connectivity index (χ0n) is 29.6. The third-order valence-corrected chi connectivity index (χ3v) is 15.9. The average Bonchev–Trinajstić information content (AvgIpc) is 3.66. The van der Waals surface area contributed by atoms with Gasteiger partial charge < -0.3 is 32.8 Å². The predicted molar refractivity (Wildman–Crippen MR) is 193 cm³/mol. The minimum atomic E-state index is -2.66. The first-order valence-electron chi connectivity index (χ1n) is 18.0. The number of methoxy groups -OCH3 is 1. The number of ether oxygens (including phenoxy) is 6. The topological polar surface area (TPSA) is 64.6 Å². The summed E-state index contributed by atoms with van der Waals surface area (Å²) in [5.41, 5.74) is 1.10. The molecule has 0 aromatic heterocycles. The van der Waals surface area contributed by atoms with E-state index in [1.807, 2.05) is 24.3 Å². The number of rotatable bonds is 10. The lowest BCUT2D eigenvalue weighted by Crippen LogP contribution is -2.67. The molecule has 3 fully saturated rings. The summed E-state index contributed by atoms with van der Waals surface area (Å²) >= 11 is 0. The summed E-state index contributed by atoms with van der Waals surface area (Å²) in [5, 5.41) is 2.47. The molecule has 0 unspecified atom stereocenters. The highest BCUT2D eigenvalue weighted by Gasteiger charge is 2.60. The third-order valence-electron chi connectivity index (χ3n) is 10.9. The van der Waals surface area contributed by atoms with Crippen LogP contribution in [-0.4, -0.2) is 64.6 Å². The van der Waals surface area contributed by atoms with Crippen LogP contribution in [0.1, 0.15) is 65.4 Å². The van der Waals surface area contributed by atoms with E-state index in [1.54, 1.807) is 7.11 Å². The van der Waals surface area contributed by atoms with Crippen LogP contribution in [0.3, 0.4) is 0 Å². The van der Waals surface area contributed by atoms with Gasteiger partial charge >= 0.3 is 0 Å². The van der Waals surface area contributed by atoms with Crippen molar-refractivity contribution in [2.45, 2.75) is 107 Å². The van der Waals surface area contributed by atoms with Crippen molar-refractivity contribution in [2.75, 3.05) is 20.3 Å². The molecule has 3 aromatic carbocycles. The molecule has 4 aliphatic rings. The van der Waals surface area contributed by atoms with Crippen molar-refractivity contribution in [3.8, 4) is 5.75 Å². The van der Waals surface area contributed by atoms with E-state index in [1.165, 1.54) is 10.4 Å². The van der Waals surface area contributed by atoms with Crippen LogP contribution in [0, 0.1) is 5.92 Å². The molecule has 0 radical (unpaired) electrons. The monoisotopic (exact) mass is 684 g/mol. The van der Waals surface area contributed by atoms with E-state index in [0.717, 1.165) is 37.0 Å². The lowest BCUT2D eigenvalue weighted by molar-refractivity contribution is -0.369. The van der Waals surface area contributed by atoms with Crippen molar-refractivity contribution in [1.29, 1.82) is 0 Å². The third kappa shape index (κ3) is 6.94. The largest absolute Gasteiger partial charge is 0.497 e. The van der Waals surface area contributed by atoms with Crippen molar-refractivity contribution in [1.82, 2.24) is 0 Å². The van der Waals surface area contributed by atoms with Gasteiger partial charge in [0.05, 0.1) is 45.2 Å². The zero-order chi connectivity index (χ0) is 34.1. The molecule has 3 saturated heterocycles. The maximum atomic E-state index is 7.25. The molecule has 2 spiro atoms. The second-order valence-electron chi connectivity index (χ2n) is 15.3. The Morgan fingerprint density at radius 2 is 1.51 bits per heavy atom. The Labute approximate surface area is 293 Å². The van der Waals surface area contributed by atoms with Gasteiger partial charge in [-0.25, -0.2) is 0 Å². The highest BCUT2D eigenvalue weighted by atomic mass is 28.4. The Hall–Kier alpha value is -2.82. The molecule has 0 aliphatic carbocycles. The number of benzene rings is 3. The molecule has 0 bridgehead atoms. The van der Waals surface area contributed by atoms with Crippen LogP contribution in [0.15, 0.2) is 97.1 Å². The highest BCUT2D eigenvalue weighted by molar-refractivity contribution is 6.99. The van der Waals surface area contributed by atoms with Crippen LogP contribution < -0.4 is 15.1 Å². The number of hydrogen-bond donors (Lipinski definition) is 0. The summed E-state index contributed by atoms with van der Waals surface area (Å²) in [5.74, 6) is -0.373. The fraction of sp³-hybridized carbons (Fsp3) is 0.512. The predicted octanol–water partition coefficient (Wildman–Crippen LogP) is 6.92. The molecule has 8 heteroatoms. The Balaban J connectivity index is 0.989.